The van der Waals surface area contributed by atoms with Crippen LogP contribution < -0.4 is 0 Å². The van der Waals surface area contributed by atoms with Crippen molar-refractivity contribution in [1.29, 1.82) is 0 Å². The molecule has 32 heavy (non-hydrogen) atoms. The average Bonchev–Trinajstić information content (AvgIpc) is 3.48. The first-order valence-electron chi connectivity index (χ1n) is 11.9. The van der Waals surface area contributed by atoms with E-state index in [-0.39, 0.29) is 11.5 Å². The molecule has 6 atom stereocenters. The Labute approximate surface area is 195 Å². The molecule has 2 aromatic heterocycles. The van der Waals surface area contributed by atoms with Crippen molar-refractivity contribution in [3.63, 3.8) is 0 Å². The minimum absolute atomic E-state index is 0.122. The lowest BCUT2D eigenvalue weighted by Crippen LogP contribution is -2.49. The summed E-state index contributed by atoms with van der Waals surface area (Å²) in [6, 6.07) is 0. The van der Waals surface area contributed by atoms with Gasteiger partial charge < -0.3 is 9.52 Å². The lowest BCUT2D eigenvalue weighted by atomic mass is 9.47. The quantitative estimate of drug-likeness (QED) is 0.334. The Morgan fingerprint density at radius 2 is 1.97 bits per heavy atom. The van der Waals surface area contributed by atoms with Crippen molar-refractivity contribution in [2.75, 3.05) is 6.26 Å². The molecule has 4 aliphatic rings. The van der Waals surface area contributed by atoms with Gasteiger partial charge in [-0.1, -0.05) is 31.6 Å². The maximum Gasteiger partial charge on any atom is 0.306 e. The fraction of sp³-hybridized carbons (Fsp3) is 0.615. The molecule has 2 saturated carbocycles. The maximum atomic E-state index is 10.2. The minimum Gasteiger partial charge on any atom is -0.432 e. The van der Waals surface area contributed by atoms with Gasteiger partial charge in [0.05, 0.1) is 18.0 Å². The van der Waals surface area contributed by atoms with E-state index in [0.717, 1.165) is 31.1 Å². The van der Waals surface area contributed by atoms with E-state index >= 15 is 0 Å². The van der Waals surface area contributed by atoms with E-state index in [9.17, 15) is 5.11 Å². The monoisotopic (exact) mass is 453 g/mol. The molecule has 5 nitrogen and oxygen atoms in total. The van der Waals surface area contributed by atoms with E-state index in [4.69, 9.17) is 4.42 Å². The molecular formula is C26H35N3O2S. The van der Waals surface area contributed by atoms with Gasteiger partial charge in [0.2, 0.25) is 0 Å². The van der Waals surface area contributed by atoms with Crippen molar-refractivity contribution < 1.29 is 9.52 Å². The Kier molecular flexibility index (Phi) is 5.65. The predicted molar refractivity (Wildman–Crippen MR) is 132 cm³/mol. The van der Waals surface area contributed by atoms with E-state index in [2.05, 4.69) is 46.5 Å². The molecule has 0 amide bonds. The van der Waals surface area contributed by atoms with Gasteiger partial charge >= 0.3 is 5.84 Å². The van der Waals surface area contributed by atoms with Crippen molar-refractivity contribution in [2.24, 2.45) is 33.0 Å². The first-order chi connectivity index (χ1) is 15.4. The van der Waals surface area contributed by atoms with Crippen molar-refractivity contribution in [2.45, 2.75) is 64.9 Å². The van der Waals surface area contributed by atoms with Gasteiger partial charge in [-0.15, -0.1) is 0 Å². The molecule has 2 fully saturated rings. The molecular weight excluding hydrogens is 418 g/mol. The molecule has 0 saturated heterocycles. The number of aliphatic hydroxyl groups excluding tert-OH is 1. The molecule has 6 heteroatoms. The van der Waals surface area contributed by atoms with Crippen molar-refractivity contribution >= 4 is 30.1 Å². The highest BCUT2D eigenvalue weighted by Gasteiger charge is 2.57. The molecule has 172 valence electrons. The van der Waals surface area contributed by atoms with Crippen molar-refractivity contribution in [3.8, 4) is 0 Å². The van der Waals surface area contributed by atoms with Gasteiger partial charge in [-0.05, 0) is 97.8 Å². The third-order valence-corrected chi connectivity index (χ3v) is 9.47. The van der Waals surface area contributed by atoms with Gasteiger partial charge in [-0.25, -0.2) is 9.38 Å². The molecule has 5 unspecified atom stereocenters. The number of aliphatic hydroxyl groups is 1. The van der Waals surface area contributed by atoms with Crippen LogP contribution in [0.25, 0.3) is 11.4 Å². The van der Waals surface area contributed by atoms with Crippen LogP contribution >= 0.6 is 11.9 Å². The third-order valence-electron chi connectivity index (χ3n) is 9.21. The van der Waals surface area contributed by atoms with Gasteiger partial charge in [0.15, 0.2) is 0 Å². The summed E-state index contributed by atoms with van der Waals surface area (Å²) in [5.41, 5.74) is 4.78. The fourth-order valence-electron chi connectivity index (χ4n) is 7.53. The van der Waals surface area contributed by atoms with Crippen LogP contribution in [0.4, 0.5) is 0 Å². The van der Waals surface area contributed by atoms with Gasteiger partial charge in [0.25, 0.3) is 0 Å². The SMILES string of the molecule is C=NSC.CC12CCC3C(CC=C4CC(O)CC[C@@]43C)C1CC=C2c1cnc2occn12. The molecule has 0 radical (unpaired) electrons. The number of aromatic nitrogens is 2. The number of allylic oxidation sites excluding steroid dienone is 3. The zero-order chi connectivity index (χ0) is 22.5. The maximum absolute atomic E-state index is 10.2. The van der Waals surface area contributed by atoms with E-state index in [0.29, 0.717) is 17.2 Å². The van der Waals surface area contributed by atoms with Crippen LogP contribution in [0.3, 0.4) is 0 Å². The number of hydrogen-bond acceptors (Lipinski definition) is 5. The Hall–Kier alpha value is -1.79. The molecule has 4 aliphatic carbocycles. The lowest BCUT2D eigenvalue weighted by Gasteiger charge is -2.57. The van der Waals surface area contributed by atoms with Gasteiger partial charge in [0.1, 0.15) is 6.26 Å². The molecule has 0 bridgehead atoms. The highest BCUT2D eigenvalue weighted by Crippen LogP contribution is 2.66. The number of imidazole rings is 1. The molecule has 1 N–H and O–H groups in total. The Balaban J connectivity index is 0.000000501. The van der Waals surface area contributed by atoms with E-state index < -0.39 is 0 Å². The van der Waals surface area contributed by atoms with Crippen LogP contribution in [0.2, 0.25) is 0 Å². The smallest absolute Gasteiger partial charge is 0.306 e. The number of rotatable bonds is 2. The average molecular weight is 454 g/mol. The van der Waals surface area contributed by atoms with Crippen LogP contribution in [0.1, 0.15) is 64.5 Å². The second kappa shape index (κ2) is 8.21. The second-order valence-electron chi connectivity index (χ2n) is 10.5. The van der Waals surface area contributed by atoms with Gasteiger partial charge in [-0.2, -0.15) is 0 Å². The summed E-state index contributed by atoms with van der Waals surface area (Å²) >= 11 is 1.37. The molecule has 0 spiro atoms. The fourth-order valence-corrected chi connectivity index (χ4v) is 7.53. The summed E-state index contributed by atoms with van der Waals surface area (Å²) in [6.45, 7) is 8.19. The topological polar surface area (TPSA) is 63.0 Å². The standard InChI is InChI=1S/C24H30N2O2.C2H5NS/c1-23-9-7-16(27)13-15(23)3-4-17-18-5-6-20(24(18,2)10-8-19(17)23)21-14-25-22-26(21)11-12-28-22;1-3-4-2/h3,6,11-12,14,16-19,27H,4-5,7-10,13H2,1-2H3;1H2,2H3/t16?,17?,18?,19?,23-,24?;/m0./s1. The zero-order valence-corrected chi connectivity index (χ0v) is 20.3. The predicted octanol–water partition coefficient (Wildman–Crippen LogP) is 6.21. The Morgan fingerprint density at radius 3 is 2.75 bits per heavy atom. The zero-order valence-electron chi connectivity index (χ0n) is 19.5. The minimum atomic E-state index is -0.122. The largest absolute Gasteiger partial charge is 0.432 e. The summed E-state index contributed by atoms with van der Waals surface area (Å²) < 4.78 is 11.0. The van der Waals surface area contributed by atoms with E-state index in [1.54, 1.807) is 11.8 Å². The lowest BCUT2D eigenvalue weighted by molar-refractivity contribution is -0.0238. The summed E-state index contributed by atoms with van der Waals surface area (Å²) in [6.07, 6.45) is 20.4. The summed E-state index contributed by atoms with van der Waals surface area (Å²) in [4.78, 5) is 4.47. The number of oxazole rings is 1. The van der Waals surface area contributed by atoms with E-state index in [1.807, 2.05) is 18.6 Å². The van der Waals surface area contributed by atoms with E-state index in [1.165, 1.54) is 48.9 Å². The summed E-state index contributed by atoms with van der Waals surface area (Å²) in [7, 11) is 0. The first-order valence-corrected chi connectivity index (χ1v) is 13.1. The number of fused-ring (bicyclic) bond motifs is 6. The molecule has 2 aromatic rings. The highest BCUT2D eigenvalue weighted by molar-refractivity contribution is 7.97. The summed E-state index contributed by atoms with van der Waals surface area (Å²) in [5.74, 6) is 2.92. The molecule has 0 aromatic carbocycles. The molecule has 2 heterocycles. The van der Waals surface area contributed by atoms with Crippen LogP contribution in [0.15, 0.2) is 45.2 Å². The molecule has 0 aliphatic heterocycles. The Bertz CT molecular complexity index is 1070. The first kappa shape index (κ1) is 22.0. The summed E-state index contributed by atoms with van der Waals surface area (Å²) in [5, 5.41) is 10.2. The third kappa shape index (κ3) is 3.25. The van der Waals surface area contributed by atoms with Crippen LogP contribution in [-0.4, -0.2) is 33.6 Å². The van der Waals surface area contributed by atoms with Gasteiger partial charge in [-0.3, -0.25) is 4.40 Å². The van der Waals surface area contributed by atoms with Crippen molar-refractivity contribution in [3.05, 3.63) is 42.1 Å². The van der Waals surface area contributed by atoms with Crippen molar-refractivity contribution in [1.82, 2.24) is 9.38 Å². The van der Waals surface area contributed by atoms with Crippen LogP contribution in [0.5, 0.6) is 0 Å². The normalized spacial score (nSPS) is 38.0. The van der Waals surface area contributed by atoms with Crippen LogP contribution in [-0.2, 0) is 0 Å². The highest BCUT2D eigenvalue weighted by atomic mass is 32.2. The number of nitrogens with zero attached hydrogens (tertiary/aromatic N) is 3. The second-order valence-corrected chi connectivity index (χ2v) is 11.1. The van der Waals surface area contributed by atoms with Gasteiger partial charge in [0, 0.05) is 12.5 Å². The molecule has 6 rings (SSSR count). The number of hydrogen-bond donors (Lipinski definition) is 1. The Morgan fingerprint density at radius 1 is 1.19 bits per heavy atom. The van der Waals surface area contributed by atoms with Crippen LogP contribution in [0, 0.1) is 28.6 Å².